The van der Waals surface area contributed by atoms with E-state index in [-0.39, 0.29) is 71.5 Å². The van der Waals surface area contributed by atoms with E-state index in [0.717, 1.165) is 51.4 Å². The second kappa shape index (κ2) is 31.7. The number of ether oxygens (including phenoxy) is 2. The zero-order chi connectivity index (χ0) is 36.5. The van der Waals surface area contributed by atoms with Gasteiger partial charge in [0.1, 0.15) is 25.0 Å². The quantitative estimate of drug-likeness (QED) is 0.0412. The fraction of sp³-hybridized carbons (Fsp3) is 0.794. The number of carbonyl (C=O) groups is 7. The smallest absolute Gasteiger partial charge is 0.326 e. The molecule has 0 aromatic carbocycles. The first-order valence-electron chi connectivity index (χ1n) is 17.7. The number of hydrogen-bond donors (Lipinski definition) is 6. The van der Waals surface area contributed by atoms with Gasteiger partial charge in [-0.25, -0.2) is 9.59 Å². The van der Waals surface area contributed by atoms with Crippen molar-refractivity contribution in [2.75, 3.05) is 33.0 Å². The Hall–Kier alpha value is -3.59. The standard InChI is InChI=1S/C34H59N3O12/c38-22-24-49-26-25-48-23-21-35-29(39)19-17-27(33(44)45)37-31(41)20-18-28(34(46)47)36-30(40)15-13-11-9-7-5-3-1-2-4-6-8-10-12-14-16-32(42)43/h22,27-28H,1-21,23-26H2,(H,35,39)(H,36,40)(H,37,41)(H,42,43)(H,44,45)(H,46,47)/t27-,28-/m0/s1. The molecule has 0 aromatic rings. The Bertz CT molecular complexity index is 963. The van der Waals surface area contributed by atoms with Crippen LogP contribution in [0.3, 0.4) is 0 Å². The Morgan fingerprint density at radius 3 is 1.37 bits per heavy atom. The van der Waals surface area contributed by atoms with Gasteiger partial charge in [0, 0.05) is 32.2 Å². The Morgan fingerprint density at radius 1 is 0.510 bits per heavy atom. The van der Waals surface area contributed by atoms with E-state index in [1.165, 1.54) is 32.1 Å². The minimum absolute atomic E-state index is 0.0232. The van der Waals surface area contributed by atoms with Crippen molar-refractivity contribution in [3.05, 3.63) is 0 Å². The topological polar surface area (TPSA) is 235 Å². The van der Waals surface area contributed by atoms with Gasteiger partial charge in [0.2, 0.25) is 17.7 Å². The predicted octanol–water partition coefficient (Wildman–Crippen LogP) is 3.36. The summed E-state index contributed by atoms with van der Waals surface area (Å²) in [5.41, 5.74) is 0. The molecule has 0 radical (unpaired) electrons. The lowest BCUT2D eigenvalue weighted by atomic mass is 10.0. The molecule has 0 heterocycles. The number of aliphatic carboxylic acids is 3. The molecule has 3 amide bonds. The average molecular weight is 702 g/mol. The molecule has 15 heteroatoms. The van der Waals surface area contributed by atoms with Crippen LogP contribution in [0.4, 0.5) is 0 Å². The summed E-state index contributed by atoms with van der Waals surface area (Å²) in [6.07, 6.45) is 14.9. The van der Waals surface area contributed by atoms with E-state index >= 15 is 0 Å². The highest BCUT2D eigenvalue weighted by molar-refractivity contribution is 5.86. The number of unbranched alkanes of at least 4 members (excludes halogenated alkanes) is 13. The van der Waals surface area contributed by atoms with E-state index in [2.05, 4.69) is 16.0 Å². The highest BCUT2D eigenvalue weighted by Gasteiger charge is 2.24. The van der Waals surface area contributed by atoms with Crippen molar-refractivity contribution in [1.29, 1.82) is 0 Å². The minimum atomic E-state index is -1.35. The summed E-state index contributed by atoms with van der Waals surface area (Å²) in [7, 11) is 0. The SMILES string of the molecule is O=CCOCCOCCNC(=O)CC[C@H](NC(=O)CC[C@H](NC(=O)CCCCCCCCCCCCCCCCC(=O)O)C(=O)O)C(=O)O. The number of carbonyl (C=O) groups excluding carboxylic acids is 4. The number of carboxylic acid groups (broad SMARTS) is 3. The largest absolute Gasteiger partial charge is 0.481 e. The van der Waals surface area contributed by atoms with Crippen molar-refractivity contribution in [2.45, 2.75) is 141 Å². The van der Waals surface area contributed by atoms with Crippen LogP contribution in [0.15, 0.2) is 0 Å². The van der Waals surface area contributed by atoms with Crippen LogP contribution in [0, 0.1) is 0 Å². The molecule has 282 valence electrons. The van der Waals surface area contributed by atoms with Crippen LogP contribution in [-0.4, -0.2) is 102 Å². The molecule has 0 rings (SSSR count). The van der Waals surface area contributed by atoms with Crippen LogP contribution < -0.4 is 16.0 Å². The van der Waals surface area contributed by atoms with E-state index in [4.69, 9.17) is 14.6 Å². The van der Waals surface area contributed by atoms with Crippen LogP contribution >= 0.6 is 0 Å². The second-order valence-corrected chi connectivity index (χ2v) is 12.0. The lowest BCUT2D eigenvalue weighted by molar-refractivity contribution is -0.143. The van der Waals surface area contributed by atoms with Crippen molar-refractivity contribution in [2.24, 2.45) is 0 Å². The Kier molecular flexibility index (Phi) is 29.3. The molecule has 0 aliphatic rings. The van der Waals surface area contributed by atoms with E-state index in [1.807, 2.05) is 0 Å². The summed E-state index contributed by atoms with van der Waals surface area (Å²) in [5, 5.41) is 34.9. The van der Waals surface area contributed by atoms with Crippen LogP contribution in [0.25, 0.3) is 0 Å². The fourth-order valence-electron chi connectivity index (χ4n) is 4.98. The molecule has 0 aromatic heterocycles. The number of aldehydes is 1. The van der Waals surface area contributed by atoms with Gasteiger partial charge in [-0.2, -0.15) is 0 Å². The van der Waals surface area contributed by atoms with E-state index in [1.54, 1.807) is 0 Å². The molecule has 0 fully saturated rings. The number of nitrogens with one attached hydrogen (secondary N) is 3. The maximum atomic E-state index is 12.4. The highest BCUT2D eigenvalue weighted by atomic mass is 16.5. The van der Waals surface area contributed by atoms with Gasteiger partial charge in [-0.15, -0.1) is 0 Å². The van der Waals surface area contributed by atoms with Gasteiger partial charge in [0.25, 0.3) is 0 Å². The average Bonchev–Trinajstić information content (AvgIpc) is 3.05. The minimum Gasteiger partial charge on any atom is -0.481 e. The van der Waals surface area contributed by atoms with Gasteiger partial charge in [-0.3, -0.25) is 19.2 Å². The molecule has 0 saturated heterocycles. The number of amides is 3. The van der Waals surface area contributed by atoms with Crippen LogP contribution in [-0.2, 0) is 43.0 Å². The first-order chi connectivity index (χ1) is 23.6. The molecule has 0 bridgehead atoms. The summed E-state index contributed by atoms with van der Waals surface area (Å²) in [5.74, 6) is -4.91. The summed E-state index contributed by atoms with van der Waals surface area (Å²) in [6, 6.07) is -2.63. The Balaban J connectivity index is 4.03. The van der Waals surface area contributed by atoms with E-state index < -0.39 is 47.7 Å². The zero-order valence-corrected chi connectivity index (χ0v) is 28.9. The van der Waals surface area contributed by atoms with Crippen molar-refractivity contribution in [3.63, 3.8) is 0 Å². The lowest BCUT2D eigenvalue weighted by Gasteiger charge is -2.17. The lowest BCUT2D eigenvalue weighted by Crippen LogP contribution is -2.44. The number of rotatable bonds is 35. The molecule has 2 atom stereocenters. The molecule has 0 aliphatic carbocycles. The van der Waals surface area contributed by atoms with Gasteiger partial charge in [0.05, 0.1) is 19.8 Å². The molecule has 0 saturated carbocycles. The number of carboxylic acids is 3. The molecule has 0 spiro atoms. The third-order valence-electron chi connectivity index (χ3n) is 7.76. The van der Waals surface area contributed by atoms with Gasteiger partial charge in [-0.05, 0) is 25.7 Å². The predicted molar refractivity (Wildman–Crippen MR) is 180 cm³/mol. The summed E-state index contributed by atoms with van der Waals surface area (Å²) in [4.78, 5) is 80.5. The normalized spacial score (nSPS) is 12.1. The summed E-state index contributed by atoms with van der Waals surface area (Å²) in [6.45, 7) is 0.833. The first-order valence-corrected chi connectivity index (χ1v) is 17.7. The molecule has 49 heavy (non-hydrogen) atoms. The maximum Gasteiger partial charge on any atom is 0.326 e. The van der Waals surface area contributed by atoms with Gasteiger partial charge < -0.3 is 45.5 Å². The Labute approximate surface area is 289 Å². The third kappa shape index (κ3) is 30.2. The monoisotopic (exact) mass is 701 g/mol. The number of hydrogen-bond acceptors (Lipinski definition) is 9. The summed E-state index contributed by atoms with van der Waals surface area (Å²) < 4.78 is 10.1. The molecule has 15 nitrogen and oxygen atoms in total. The third-order valence-corrected chi connectivity index (χ3v) is 7.76. The Morgan fingerprint density at radius 2 is 0.918 bits per heavy atom. The zero-order valence-electron chi connectivity index (χ0n) is 28.9. The molecule has 0 unspecified atom stereocenters. The maximum absolute atomic E-state index is 12.4. The molecular formula is C34H59N3O12. The van der Waals surface area contributed by atoms with Gasteiger partial charge in [0.15, 0.2) is 0 Å². The van der Waals surface area contributed by atoms with E-state index in [9.17, 15) is 43.8 Å². The summed E-state index contributed by atoms with van der Waals surface area (Å²) >= 11 is 0. The van der Waals surface area contributed by atoms with Crippen LogP contribution in [0.5, 0.6) is 0 Å². The molecular weight excluding hydrogens is 642 g/mol. The van der Waals surface area contributed by atoms with Gasteiger partial charge >= 0.3 is 17.9 Å². The van der Waals surface area contributed by atoms with Crippen molar-refractivity contribution < 1.29 is 58.4 Å². The van der Waals surface area contributed by atoms with Crippen LogP contribution in [0.1, 0.15) is 128 Å². The molecule has 6 N–H and O–H groups in total. The van der Waals surface area contributed by atoms with Crippen molar-refractivity contribution >= 4 is 41.9 Å². The first kappa shape index (κ1) is 45.4. The highest BCUT2D eigenvalue weighted by Crippen LogP contribution is 2.14. The van der Waals surface area contributed by atoms with Gasteiger partial charge in [-0.1, -0.05) is 77.0 Å². The van der Waals surface area contributed by atoms with Crippen molar-refractivity contribution in [3.8, 4) is 0 Å². The fourth-order valence-corrected chi connectivity index (χ4v) is 4.98. The second-order valence-electron chi connectivity index (χ2n) is 12.0. The van der Waals surface area contributed by atoms with Crippen molar-refractivity contribution in [1.82, 2.24) is 16.0 Å². The van der Waals surface area contributed by atoms with E-state index in [0.29, 0.717) is 12.7 Å². The van der Waals surface area contributed by atoms with Crippen LogP contribution in [0.2, 0.25) is 0 Å². The molecule has 0 aliphatic heterocycles.